The van der Waals surface area contributed by atoms with Gasteiger partial charge in [0.15, 0.2) is 34.6 Å². The summed E-state index contributed by atoms with van der Waals surface area (Å²) in [5.41, 5.74) is 2.40. The van der Waals surface area contributed by atoms with Crippen LogP contribution in [-0.2, 0) is 12.7 Å². The van der Waals surface area contributed by atoms with Crippen molar-refractivity contribution in [1.82, 2.24) is 0 Å². The number of carbonyl (C=O) groups is 2. The molecule has 0 heterocycles. The first kappa shape index (κ1) is 24.8. The van der Waals surface area contributed by atoms with Gasteiger partial charge in [0, 0.05) is 0 Å². The van der Waals surface area contributed by atoms with E-state index in [1.54, 1.807) is 29.1 Å². The van der Waals surface area contributed by atoms with Crippen molar-refractivity contribution in [1.29, 1.82) is 0 Å². The monoisotopic (exact) mass is 444 g/mol. The molecule has 0 aromatic heterocycles. The minimum Gasteiger partial charge on any atom is -0.427 e. The number of hydrogen-bond donors (Lipinski definition) is 0. The van der Waals surface area contributed by atoms with Crippen LogP contribution in [0, 0.1) is 6.92 Å². The molecule has 0 aliphatic heterocycles. The van der Waals surface area contributed by atoms with Gasteiger partial charge in [0.25, 0.3) is 0 Å². The molecule has 3 nitrogen and oxygen atoms in total. The zero-order valence-corrected chi connectivity index (χ0v) is 17.9. The fourth-order valence-electron chi connectivity index (χ4n) is 1.52. The number of rotatable bonds is 4. The van der Waals surface area contributed by atoms with Crippen LogP contribution in [-0.4, -0.2) is 11.6 Å². The lowest BCUT2D eigenvalue weighted by molar-refractivity contribution is -0.119. The Bertz CT molecular complexity index is 538. The maximum atomic E-state index is 11.2. The number of carbonyl (C=O) groups excluding carboxylic acids is 2. The summed E-state index contributed by atoms with van der Waals surface area (Å²) in [5, 5.41) is 0. The number of benzene rings is 1. The number of aryl methyl sites for hydroxylation is 1. The topological polar surface area (TPSA) is 43.4 Å². The third kappa shape index (κ3) is 13.0. The number of halogens is 1. The Kier molecular flexibility index (Phi) is 15.6. The maximum absolute atomic E-state index is 11.2. The van der Waals surface area contributed by atoms with Gasteiger partial charge < -0.3 is 3.07 Å². The molecule has 4 heteroatoms. The molecule has 0 bridgehead atoms. The third-order valence-electron chi connectivity index (χ3n) is 2.39. The normalized spacial score (nSPS) is 8.50. The number of Topliss-reactive ketones (excluding diaryl/α,β-unsaturated/α-hetero) is 2. The Morgan fingerprint density at radius 2 is 1.42 bits per heavy atom. The van der Waals surface area contributed by atoms with E-state index < -0.39 is 0 Å². The average Bonchev–Trinajstić information content (AvgIpc) is 2.47. The molecular weight excluding hydrogens is 415 g/mol. The second-order valence-electron chi connectivity index (χ2n) is 5.51. The summed E-state index contributed by atoms with van der Waals surface area (Å²) in [6, 6.07) is 10.3. The molecule has 0 aliphatic carbocycles. The van der Waals surface area contributed by atoms with Gasteiger partial charge in [-0.1, -0.05) is 61.7 Å². The molecule has 0 radical (unpaired) electrons. The Morgan fingerprint density at radius 3 is 1.62 bits per heavy atom. The zero-order valence-electron chi connectivity index (χ0n) is 15.8. The smallest absolute Gasteiger partial charge is 0.192 e. The van der Waals surface area contributed by atoms with E-state index in [9.17, 15) is 9.59 Å². The van der Waals surface area contributed by atoms with Crippen LogP contribution in [0.15, 0.2) is 53.3 Å². The lowest BCUT2D eigenvalue weighted by atomic mass is 10.1. The second-order valence-corrected chi connectivity index (χ2v) is 5.95. The van der Waals surface area contributed by atoms with Crippen LogP contribution in [0.3, 0.4) is 0 Å². The van der Waals surface area contributed by atoms with Gasteiger partial charge in [-0.3, -0.25) is 9.59 Å². The first-order chi connectivity index (χ1) is 11.2. The molecule has 1 aromatic carbocycles. The van der Waals surface area contributed by atoms with Gasteiger partial charge in [-0.05, 0) is 40.7 Å². The first-order valence-corrected chi connectivity index (χ1v) is 8.80. The highest BCUT2D eigenvalue weighted by Gasteiger charge is 2.16. The Balaban J connectivity index is 0. The van der Waals surface area contributed by atoms with Crippen molar-refractivity contribution in [3.8, 4) is 0 Å². The molecule has 0 saturated heterocycles. The van der Waals surface area contributed by atoms with Crippen molar-refractivity contribution in [2.75, 3.05) is 0 Å². The fourth-order valence-corrected chi connectivity index (χ4v) is 1.87. The van der Waals surface area contributed by atoms with E-state index in [0.717, 1.165) is 5.57 Å². The zero-order chi connectivity index (χ0) is 19.1. The molecule has 0 aliphatic rings. The van der Waals surface area contributed by atoms with E-state index in [-0.39, 0.29) is 17.1 Å². The summed E-state index contributed by atoms with van der Waals surface area (Å²) in [6.45, 7) is 12.8. The molecule has 24 heavy (non-hydrogen) atoms. The van der Waals surface area contributed by atoms with Gasteiger partial charge >= 0.3 is 0 Å². The summed E-state index contributed by atoms with van der Waals surface area (Å²) >= 11 is 1.66. The minimum atomic E-state index is -0.276. The van der Waals surface area contributed by atoms with Crippen molar-refractivity contribution in [3.05, 3.63) is 58.9 Å². The van der Waals surface area contributed by atoms with Crippen LogP contribution < -0.4 is 0 Å². The standard InChI is InChI=1S/C10H13IO3.C7H8.C3H8/c1-6(2)5-9(14-11)10(7(3)12)8(4)13;1-7-5-3-2-4-6-7;1-3-2/h5H,1-4H3;2-6H,1H3;3H2,1-2H3. The number of allylic oxidation sites excluding steroid dienone is 3. The Morgan fingerprint density at radius 1 is 1.00 bits per heavy atom. The van der Waals surface area contributed by atoms with Crippen LogP contribution >= 0.6 is 23.0 Å². The molecule has 0 spiro atoms. The molecule has 134 valence electrons. The molecule has 1 aromatic rings. The lowest BCUT2D eigenvalue weighted by Gasteiger charge is -2.04. The van der Waals surface area contributed by atoms with Crippen LogP contribution in [0.25, 0.3) is 0 Å². The Hall–Kier alpha value is -1.43. The van der Waals surface area contributed by atoms with Crippen molar-refractivity contribution < 1.29 is 12.7 Å². The van der Waals surface area contributed by atoms with E-state index in [1.807, 2.05) is 32.0 Å². The van der Waals surface area contributed by atoms with Crippen LogP contribution in [0.1, 0.15) is 53.5 Å². The molecule has 1 rings (SSSR count). The summed E-state index contributed by atoms with van der Waals surface area (Å²) in [5.74, 6) is -0.228. The van der Waals surface area contributed by atoms with E-state index in [1.165, 1.54) is 25.8 Å². The molecule has 0 saturated carbocycles. The maximum Gasteiger partial charge on any atom is 0.192 e. The molecule has 0 N–H and O–H groups in total. The number of hydrogen-bond acceptors (Lipinski definition) is 3. The first-order valence-electron chi connectivity index (χ1n) is 7.92. The molecule has 0 unspecified atom stereocenters. The van der Waals surface area contributed by atoms with Crippen molar-refractivity contribution in [2.24, 2.45) is 0 Å². The van der Waals surface area contributed by atoms with Gasteiger partial charge in [-0.25, -0.2) is 0 Å². The van der Waals surface area contributed by atoms with Gasteiger partial charge in [-0.15, -0.1) is 0 Å². The fraction of sp³-hybridized carbons (Fsp3) is 0.400. The van der Waals surface area contributed by atoms with Crippen molar-refractivity contribution >= 4 is 34.6 Å². The van der Waals surface area contributed by atoms with Gasteiger partial charge in [0.2, 0.25) is 0 Å². The van der Waals surface area contributed by atoms with Gasteiger partial charge in [0.1, 0.15) is 11.3 Å². The Labute approximate surface area is 160 Å². The highest BCUT2D eigenvalue weighted by molar-refractivity contribution is 14.1. The van der Waals surface area contributed by atoms with Crippen LogP contribution in [0.4, 0.5) is 0 Å². The van der Waals surface area contributed by atoms with Crippen LogP contribution in [0.5, 0.6) is 0 Å². The third-order valence-corrected chi connectivity index (χ3v) is 2.87. The largest absolute Gasteiger partial charge is 0.427 e. The van der Waals surface area contributed by atoms with E-state index in [4.69, 9.17) is 3.07 Å². The lowest BCUT2D eigenvalue weighted by Crippen LogP contribution is -2.09. The van der Waals surface area contributed by atoms with Crippen molar-refractivity contribution in [2.45, 2.75) is 54.9 Å². The quantitative estimate of drug-likeness (QED) is 0.139. The summed E-state index contributed by atoms with van der Waals surface area (Å²) < 4.78 is 4.98. The predicted octanol–water partition coefficient (Wildman–Crippen LogP) is 6.16. The molecule has 0 atom stereocenters. The van der Waals surface area contributed by atoms with Gasteiger partial charge in [0.05, 0.1) is 0 Å². The predicted molar refractivity (Wildman–Crippen MR) is 110 cm³/mol. The average molecular weight is 444 g/mol. The summed E-state index contributed by atoms with van der Waals surface area (Å²) in [6.07, 6.45) is 2.92. The van der Waals surface area contributed by atoms with Crippen molar-refractivity contribution in [3.63, 3.8) is 0 Å². The minimum absolute atomic E-state index is 0.112. The van der Waals surface area contributed by atoms with E-state index in [0.29, 0.717) is 5.76 Å². The summed E-state index contributed by atoms with van der Waals surface area (Å²) in [7, 11) is 0. The second kappa shape index (κ2) is 15.1. The molecule has 0 fully saturated rings. The van der Waals surface area contributed by atoms with Gasteiger partial charge in [-0.2, -0.15) is 0 Å². The molecule has 0 amide bonds. The van der Waals surface area contributed by atoms with E-state index in [2.05, 4.69) is 32.9 Å². The highest BCUT2D eigenvalue weighted by Crippen LogP contribution is 2.15. The van der Waals surface area contributed by atoms with E-state index >= 15 is 0 Å². The van der Waals surface area contributed by atoms with Crippen LogP contribution in [0.2, 0.25) is 0 Å². The molecular formula is C20H29IO3. The number of ketones is 2. The summed E-state index contributed by atoms with van der Waals surface area (Å²) in [4.78, 5) is 22.4. The highest BCUT2D eigenvalue weighted by atomic mass is 127. The SMILES string of the molecule is CC(=O)C(C(C)=O)=C(C=C(C)C)OI.CCC.Cc1ccccc1.